The van der Waals surface area contributed by atoms with Crippen LogP contribution in [0.1, 0.15) is 46.0 Å². The van der Waals surface area contributed by atoms with Gasteiger partial charge in [0.15, 0.2) is 5.76 Å². The van der Waals surface area contributed by atoms with E-state index in [4.69, 9.17) is 10.3 Å². The summed E-state index contributed by atoms with van der Waals surface area (Å²) in [4.78, 5) is 14.9. The monoisotopic (exact) mass is 363 g/mol. The first kappa shape index (κ1) is 17.8. The molecule has 2 aromatic rings. The summed E-state index contributed by atoms with van der Waals surface area (Å²) in [6.45, 7) is 4.69. The molecule has 0 saturated heterocycles. The van der Waals surface area contributed by atoms with Crippen molar-refractivity contribution in [2.24, 2.45) is 0 Å². The summed E-state index contributed by atoms with van der Waals surface area (Å²) in [6, 6.07) is 3.91. The Morgan fingerprint density at radius 1 is 1.44 bits per heavy atom. The second-order valence-electron chi connectivity index (χ2n) is 6.33. The maximum absolute atomic E-state index is 12.9. The first-order valence-corrected chi connectivity index (χ1v) is 9.71. The van der Waals surface area contributed by atoms with Gasteiger partial charge >= 0.3 is 0 Å². The Hall–Kier alpha value is -1.96. The smallest absolute Gasteiger partial charge is 0.236 e. The van der Waals surface area contributed by atoms with Crippen molar-refractivity contribution in [1.82, 2.24) is 19.8 Å². The van der Waals surface area contributed by atoms with E-state index >= 15 is 0 Å². The van der Waals surface area contributed by atoms with Gasteiger partial charge in [0.05, 0.1) is 11.5 Å². The molecule has 1 atom stereocenters. The number of carbonyl (C=O) groups is 1. The summed E-state index contributed by atoms with van der Waals surface area (Å²) in [5, 5.41) is 8.43. The summed E-state index contributed by atoms with van der Waals surface area (Å²) in [5.41, 5.74) is 0. The molecule has 8 heteroatoms. The number of thioether (sulfide) groups is 1. The van der Waals surface area contributed by atoms with E-state index in [2.05, 4.69) is 10.2 Å². The van der Waals surface area contributed by atoms with Gasteiger partial charge in [-0.3, -0.25) is 4.79 Å². The molecular formula is C17H25N5O2S. The normalized spacial score (nSPS) is 16.7. The van der Waals surface area contributed by atoms with E-state index < -0.39 is 0 Å². The standard InChI is InChI=1S/C17H25N5O2S/c1-3-21(13-8-5-4-6-9-13)16(23)12(2)25-17-20-19-15(22(17)18)14-10-7-11-24-14/h7,10-13H,3-6,8-9,18H2,1-2H3/t12-/m1/s1. The number of amides is 1. The molecule has 136 valence electrons. The maximum Gasteiger partial charge on any atom is 0.236 e. The second kappa shape index (κ2) is 7.95. The molecule has 1 aliphatic rings. The van der Waals surface area contributed by atoms with Crippen molar-refractivity contribution in [3.63, 3.8) is 0 Å². The molecule has 25 heavy (non-hydrogen) atoms. The zero-order valence-electron chi connectivity index (χ0n) is 14.7. The molecule has 0 radical (unpaired) electrons. The van der Waals surface area contributed by atoms with Crippen molar-refractivity contribution in [2.75, 3.05) is 12.4 Å². The van der Waals surface area contributed by atoms with E-state index in [9.17, 15) is 4.79 Å². The molecule has 1 aliphatic carbocycles. The summed E-state index contributed by atoms with van der Waals surface area (Å²) in [7, 11) is 0. The Labute approximate surface area is 151 Å². The number of nitrogens with two attached hydrogens (primary N) is 1. The predicted octanol–water partition coefficient (Wildman–Crippen LogP) is 2.91. The Morgan fingerprint density at radius 3 is 2.84 bits per heavy atom. The van der Waals surface area contributed by atoms with Gasteiger partial charge in [-0.1, -0.05) is 31.0 Å². The lowest BCUT2D eigenvalue weighted by Gasteiger charge is -2.35. The lowest BCUT2D eigenvalue weighted by atomic mass is 9.94. The lowest BCUT2D eigenvalue weighted by Crippen LogP contribution is -2.44. The van der Waals surface area contributed by atoms with E-state index in [0.29, 0.717) is 22.8 Å². The molecule has 7 nitrogen and oxygen atoms in total. The molecule has 3 rings (SSSR count). The fraction of sp³-hybridized carbons (Fsp3) is 0.588. The topological polar surface area (TPSA) is 90.2 Å². The molecule has 2 aromatic heterocycles. The highest BCUT2D eigenvalue weighted by Crippen LogP contribution is 2.28. The predicted molar refractivity (Wildman–Crippen MR) is 97.5 cm³/mol. The number of nitrogen functional groups attached to an aromatic ring is 1. The number of hydrogen-bond donors (Lipinski definition) is 1. The highest BCUT2D eigenvalue weighted by Gasteiger charge is 2.29. The van der Waals surface area contributed by atoms with Gasteiger partial charge in [-0.05, 0) is 38.8 Å². The summed E-state index contributed by atoms with van der Waals surface area (Å²) in [5.74, 6) is 7.23. The van der Waals surface area contributed by atoms with Gasteiger partial charge in [0.2, 0.25) is 16.9 Å². The largest absolute Gasteiger partial charge is 0.461 e. The zero-order chi connectivity index (χ0) is 17.8. The van der Waals surface area contributed by atoms with Gasteiger partial charge < -0.3 is 15.2 Å². The molecular weight excluding hydrogens is 338 g/mol. The van der Waals surface area contributed by atoms with Crippen LogP contribution < -0.4 is 5.84 Å². The minimum absolute atomic E-state index is 0.141. The van der Waals surface area contributed by atoms with Crippen LogP contribution in [0, 0.1) is 0 Å². The number of carbonyl (C=O) groups excluding carboxylic acids is 1. The highest BCUT2D eigenvalue weighted by molar-refractivity contribution is 8.00. The van der Waals surface area contributed by atoms with E-state index in [-0.39, 0.29) is 11.2 Å². The fourth-order valence-corrected chi connectivity index (χ4v) is 4.20. The van der Waals surface area contributed by atoms with Gasteiger partial charge in [-0.15, -0.1) is 10.2 Å². The molecule has 2 heterocycles. The zero-order valence-corrected chi connectivity index (χ0v) is 15.5. The summed E-state index contributed by atoms with van der Waals surface area (Å²) in [6.07, 6.45) is 7.46. The van der Waals surface area contributed by atoms with Gasteiger partial charge in [0, 0.05) is 12.6 Å². The van der Waals surface area contributed by atoms with E-state index in [1.54, 1.807) is 18.4 Å². The van der Waals surface area contributed by atoms with E-state index in [1.807, 2.05) is 18.7 Å². The minimum atomic E-state index is -0.266. The first-order valence-electron chi connectivity index (χ1n) is 8.83. The van der Waals surface area contributed by atoms with Gasteiger partial charge in [0.1, 0.15) is 0 Å². The van der Waals surface area contributed by atoms with Crippen LogP contribution in [0.4, 0.5) is 0 Å². The van der Waals surface area contributed by atoms with Gasteiger partial charge in [0.25, 0.3) is 0 Å². The number of aromatic nitrogens is 3. The summed E-state index contributed by atoms with van der Waals surface area (Å²) < 4.78 is 6.69. The van der Waals surface area contributed by atoms with Crippen LogP contribution in [0.2, 0.25) is 0 Å². The Bertz CT molecular complexity index is 694. The van der Waals surface area contributed by atoms with Crippen LogP contribution in [0.25, 0.3) is 11.6 Å². The fourth-order valence-electron chi connectivity index (χ4n) is 3.36. The Balaban J connectivity index is 1.68. The molecule has 0 unspecified atom stereocenters. The molecule has 0 spiro atoms. The van der Waals surface area contributed by atoms with Crippen LogP contribution >= 0.6 is 11.8 Å². The van der Waals surface area contributed by atoms with E-state index in [1.165, 1.54) is 35.7 Å². The molecule has 2 N–H and O–H groups in total. The third-order valence-electron chi connectivity index (χ3n) is 4.68. The third-order valence-corrected chi connectivity index (χ3v) is 5.72. The Morgan fingerprint density at radius 2 is 2.20 bits per heavy atom. The van der Waals surface area contributed by atoms with E-state index in [0.717, 1.165) is 19.4 Å². The van der Waals surface area contributed by atoms with Gasteiger partial charge in [-0.25, -0.2) is 4.68 Å². The minimum Gasteiger partial charge on any atom is -0.461 e. The first-order chi connectivity index (χ1) is 12.1. The van der Waals surface area contributed by atoms with Gasteiger partial charge in [-0.2, -0.15) is 0 Å². The van der Waals surface area contributed by atoms with Crippen molar-refractivity contribution >= 4 is 17.7 Å². The summed E-state index contributed by atoms with van der Waals surface area (Å²) >= 11 is 1.34. The third kappa shape index (κ3) is 3.84. The van der Waals surface area contributed by atoms with Crippen LogP contribution in [-0.4, -0.2) is 43.5 Å². The van der Waals surface area contributed by atoms with Crippen LogP contribution in [0.5, 0.6) is 0 Å². The van der Waals surface area contributed by atoms with Crippen molar-refractivity contribution in [3.05, 3.63) is 18.4 Å². The molecule has 1 amide bonds. The van der Waals surface area contributed by atoms with Crippen molar-refractivity contribution in [1.29, 1.82) is 0 Å². The lowest BCUT2D eigenvalue weighted by molar-refractivity contribution is -0.133. The number of hydrogen-bond acceptors (Lipinski definition) is 6. The number of nitrogens with zero attached hydrogens (tertiary/aromatic N) is 4. The second-order valence-corrected chi connectivity index (χ2v) is 7.64. The van der Waals surface area contributed by atoms with Crippen molar-refractivity contribution in [2.45, 2.75) is 62.4 Å². The Kier molecular flexibility index (Phi) is 5.67. The quantitative estimate of drug-likeness (QED) is 0.627. The van der Waals surface area contributed by atoms with Crippen LogP contribution in [0.15, 0.2) is 28.0 Å². The number of furan rings is 1. The molecule has 0 bridgehead atoms. The van der Waals surface area contributed by atoms with Crippen LogP contribution in [-0.2, 0) is 4.79 Å². The maximum atomic E-state index is 12.9. The van der Waals surface area contributed by atoms with Crippen molar-refractivity contribution in [3.8, 4) is 11.6 Å². The van der Waals surface area contributed by atoms with Crippen LogP contribution in [0.3, 0.4) is 0 Å². The van der Waals surface area contributed by atoms with Crippen molar-refractivity contribution < 1.29 is 9.21 Å². The molecule has 1 saturated carbocycles. The highest BCUT2D eigenvalue weighted by atomic mass is 32.2. The molecule has 0 aromatic carbocycles. The SMILES string of the molecule is CCN(C(=O)[C@@H](C)Sc1nnc(-c2ccco2)n1N)C1CCCCC1. The molecule has 0 aliphatic heterocycles. The average molecular weight is 363 g/mol. The average Bonchev–Trinajstić information content (AvgIpc) is 3.27. The molecule has 1 fully saturated rings. The number of rotatable bonds is 6.